The van der Waals surface area contributed by atoms with E-state index in [0.717, 1.165) is 97.5 Å². The Balaban J connectivity index is 0.000000178. The van der Waals surface area contributed by atoms with Gasteiger partial charge in [-0.2, -0.15) is 4.98 Å². The number of aryl methyl sites for hydroxylation is 4. The summed E-state index contributed by atoms with van der Waals surface area (Å²) in [6, 6.07) is 45.1. The van der Waals surface area contributed by atoms with Crippen molar-refractivity contribution >= 4 is 11.7 Å². The van der Waals surface area contributed by atoms with E-state index in [4.69, 9.17) is 28.5 Å². The molecule has 2 atom stereocenters. The van der Waals surface area contributed by atoms with Crippen molar-refractivity contribution in [1.82, 2.24) is 25.3 Å². The Bertz CT molecular complexity index is 3330. The van der Waals surface area contributed by atoms with Crippen LogP contribution in [0.1, 0.15) is 129 Å². The fourth-order valence-corrected chi connectivity index (χ4v) is 12.1. The van der Waals surface area contributed by atoms with E-state index in [0.29, 0.717) is 29.4 Å². The standard InChI is InChI=1S/C33H39N3O4.C33H37N3O3/c1-22(2)40-29-14-13-26(17-23(29)3)30(35-38)34-31(37)27-12-11-25-15-16-33(19-28(25)18-27)21-39-32(4,5)36(33)20-24-9-7-6-8-10-24;1-22(2)38-29-14-13-26(17-23(29)3)30-34-31(39-35-30)27-12-11-25-15-16-33(19-28(25)18-27)21-37-32(4,5)36(33)20-24-9-7-6-8-10-24/h6-14,17-18,22,38H,15-16,19-21H2,1-5H3,(H,34,35,37);6-14,17-18,22H,15-16,19-21H2,1-5H3. The molecular formula is C66H76N6O7. The Hall–Kier alpha value is -7.16. The van der Waals surface area contributed by atoms with Crippen LogP contribution in [0.3, 0.4) is 0 Å². The molecule has 2 unspecified atom stereocenters. The van der Waals surface area contributed by atoms with Gasteiger partial charge in [-0.05, 0) is 213 Å². The molecule has 0 bridgehead atoms. The summed E-state index contributed by atoms with van der Waals surface area (Å²) in [5.41, 5.74) is 11.8. The summed E-state index contributed by atoms with van der Waals surface area (Å²) >= 11 is 0. The summed E-state index contributed by atoms with van der Waals surface area (Å²) in [5, 5.41) is 20.2. The quantitative estimate of drug-likeness (QED) is 0.0522. The molecule has 11 rings (SSSR count). The first-order chi connectivity index (χ1) is 37.8. The number of fused-ring (bicyclic) bond motifs is 2. The van der Waals surface area contributed by atoms with E-state index in [9.17, 15) is 10.0 Å². The van der Waals surface area contributed by atoms with Crippen molar-refractivity contribution in [3.8, 4) is 34.3 Å². The normalized spacial score (nSPS) is 20.5. The lowest BCUT2D eigenvalue weighted by Crippen LogP contribution is -2.54. The molecular weight excluding hydrogens is 989 g/mol. The first-order valence-electron chi connectivity index (χ1n) is 27.9. The smallest absolute Gasteiger partial charge is 0.258 e. The number of amidine groups is 1. The molecule has 4 aliphatic rings. The summed E-state index contributed by atoms with van der Waals surface area (Å²) in [4.78, 5) is 23.2. The second kappa shape index (κ2) is 22.5. The van der Waals surface area contributed by atoms with Gasteiger partial charge in [-0.25, -0.2) is 0 Å². The second-order valence-electron chi connectivity index (χ2n) is 23.5. The fraction of sp³-hybridized carbons (Fsp3) is 0.394. The predicted octanol–water partition coefficient (Wildman–Crippen LogP) is 12.8. The zero-order valence-electron chi connectivity index (χ0n) is 47.6. The molecule has 6 aromatic carbocycles. The van der Waals surface area contributed by atoms with Gasteiger partial charge in [0.25, 0.3) is 11.8 Å². The summed E-state index contributed by atoms with van der Waals surface area (Å²) in [6.45, 7) is 23.7. The van der Waals surface area contributed by atoms with Crippen LogP contribution in [0.5, 0.6) is 11.5 Å². The average Bonchev–Trinajstić information content (AvgIpc) is 4.22. The maximum absolute atomic E-state index is 13.3. The number of nitrogens with zero attached hydrogens (tertiary/aromatic N) is 5. The van der Waals surface area contributed by atoms with Gasteiger partial charge in [0.05, 0.1) is 36.5 Å². The Morgan fingerprint density at radius 3 is 1.67 bits per heavy atom. The van der Waals surface area contributed by atoms with Crippen molar-refractivity contribution < 1.29 is 33.5 Å². The molecule has 7 aromatic rings. The highest BCUT2D eigenvalue weighted by Gasteiger charge is 2.54. The second-order valence-corrected chi connectivity index (χ2v) is 23.5. The minimum atomic E-state index is -0.386. The third-order valence-corrected chi connectivity index (χ3v) is 16.2. The molecule has 3 heterocycles. The van der Waals surface area contributed by atoms with Crippen molar-refractivity contribution in [3.63, 3.8) is 0 Å². The van der Waals surface area contributed by atoms with Gasteiger partial charge in [-0.15, -0.1) is 0 Å². The zero-order valence-corrected chi connectivity index (χ0v) is 47.6. The minimum absolute atomic E-state index is 0.0394. The van der Waals surface area contributed by atoms with Crippen molar-refractivity contribution in [2.75, 3.05) is 13.2 Å². The summed E-state index contributed by atoms with van der Waals surface area (Å²) < 4.78 is 30.2. The number of hydrogen-bond acceptors (Lipinski definition) is 12. The monoisotopic (exact) mass is 1060 g/mol. The number of ether oxygens (including phenoxy) is 4. The largest absolute Gasteiger partial charge is 0.491 e. The minimum Gasteiger partial charge on any atom is -0.491 e. The van der Waals surface area contributed by atoms with Gasteiger partial charge in [-0.3, -0.25) is 14.6 Å². The van der Waals surface area contributed by atoms with E-state index < -0.39 is 0 Å². The lowest BCUT2D eigenvalue weighted by Gasteiger charge is -2.45. The average molecular weight is 1070 g/mol. The number of benzene rings is 6. The van der Waals surface area contributed by atoms with Crippen LogP contribution in [0.15, 0.2) is 143 Å². The van der Waals surface area contributed by atoms with Gasteiger partial charge < -0.3 is 34.0 Å². The highest BCUT2D eigenvalue weighted by atomic mass is 16.5. The topological polar surface area (TPSA) is 144 Å². The number of hydrogen-bond donors (Lipinski definition) is 2. The highest BCUT2D eigenvalue weighted by Crippen LogP contribution is 2.46. The van der Waals surface area contributed by atoms with Gasteiger partial charge in [0.15, 0.2) is 5.84 Å². The van der Waals surface area contributed by atoms with E-state index >= 15 is 0 Å². The Morgan fingerprint density at radius 1 is 0.633 bits per heavy atom. The number of amides is 1. The molecule has 13 nitrogen and oxygen atoms in total. The Labute approximate surface area is 465 Å². The van der Waals surface area contributed by atoms with Gasteiger partial charge in [0.2, 0.25) is 5.82 Å². The van der Waals surface area contributed by atoms with Crippen LogP contribution in [0.25, 0.3) is 22.8 Å². The van der Waals surface area contributed by atoms with E-state index in [1.54, 1.807) is 6.07 Å². The molecule has 2 N–H and O–H groups in total. The van der Waals surface area contributed by atoms with Crippen LogP contribution in [-0.4, -0.2) is 84.8 Å². The first kappa shape index (κ1) is 55.2. The highest BCUT2D eigenvalue weighted by molar-refractivity contribution is 6.12. The Morgan fingerprint density at radius 2 is 1.14 bits per heavy atom. The molecule has 13 heteroatoms. The van der Waals surface area contributed by atoms with Gasteiger partial charge in [0, 0.05) is 35.3 Å². The number of oxime groups is 1. The molecule has 1 amide bonds. The van der Waals surface area contributed by atoms with E-state index in [-0.39, 0.29) is 46.5 Å². The first-order valence-corrected chi connectivity index (χ1v) is 27.9. The van der Waals surface area contributed by atoms with Crippen LogP contribution in [-0.2, 0) is 48.2 Å². The third kappa shape index (κ3) is 11.9. The molecule has 79 heavy (non-hydrogen) atoms. The number of aromatic nitrogens is 2. The van der Waals surface area contributed by atoms with Gasteiger partial charge in [0.1, 0.15) is 22.9 Å². The molecule has 2 saturated heterocycles. The molecule has 412 valence electrons. The molecule has 2 aliphatic carbocycles. The van der Waals surface area contributed by atoms with Crippen LogP contribution in [0, 0.1) is 13.8 Å². The van der Waals surface area contributed by atoms with Crippen LogP contribution in [0.4, 0.5) is 0 Å². The lowest BCUT2D eigenvalue weighted by atomic mass is 9.76. The summed E-state index contributed by atoms with van der Waals surface area (Å²) in [6.07, 6.45) is 5.94. The predicted molar refractivity (Wildman–Crippen MR) is 308 cm³/mol. The number of nitrogens with one attached hydrogen (secondary N) is 1. The molecule has 1 aromatic heterocycles. The van der Waals surface area contributed by atoms with Crippen LogP contribution < -0.4 is 14.8 Å². The SMILES string of the molecule is Cc1cc(-c2noc(-c3ccc4c(c3)CC3(CC4)COC(C)(C)N3Cc3ccccc3)n2)ccc1OC(C)C.Cc1cc(/C(=N\O)NC(=O)c2ccc3c(c2)CC2(CC3)COC(C)(C)N2Cc2ccccc2)ccc1OC(C)C. The van der Waals surface area contributed by atoms with Crippen molar-refractivity contribution in [1.29, 1.82) is 0 Å². The summed E-state index contributed by atoms with van der Waals surface area (Å²) in [5.74, 6) is 2.53. The van der Waals surface area contributed by atoms with Gasteiger partial charge in [-0.1, -0.05) is 83.1 Å². The van der Waals surface area contributed by atoms with Crippen LogP contribution in [0.2, 0.25) is 0 Å². The van der Waals surface area contributed by atoms with E-state index in [1.807, 2.05) is 90.1 Å². The van der Waals surface area contributed by atoms with Crippen molar-refractivity contribution in [2.45, 2.75) is 156 Å². The maximum atomic E-state index is 13.3. The summed E-state index contributed by atoms with van der Waals surface area (Å²) in [7, 11) is 0. The van der Waals surface area contributed by atoms with Crippen LogP contribution >= 0.6 is 0 Å². The fourth-order valence-electron chi connectivity index (χ4n) is 12.1. The molecule has 2 spiro atoms. The molecule has 2 aliphatic heterocycles. The van der Waals surface area contributed by atoms with Gasteiger partial charge >= 0.3 is 0 Å². The number of rotatable bonds is 12. The molecule has 2 fully saturated rings. The van der Waals surface area contributed by atoms with Crippen molar-refractivity contribution in [2.24, 2.45) is 5.16 Å². The molecule has 0 saturated carbocycles. The third-order valence-electron chi connectivity index (χ3n) is 16.2. The van der Waals surface area contributed by atoms with E-state index in [2.05, 4.69) is 132 Å². The molecule has 0 radical (unpaired) electrons. The van der Waals surface area contributed by atoms with Crippen molar-refractivity contribution in [3.05, 3.63) is 189 Å². The zero-order chi connectivity index (χ0) is 55.7. The number of carbonyl (C=O) groups excluding carboxylic acids is 1. The van der Waals surface area contributed by atoms with E-state index in [1.165, 1.54) is 27.8 Å². The lowest BCUT2D eigenvalue weighted by molar-refractivity contribution is -0.0676. The number of carbonyl (C=O) groups is 1. The maximum Gasteiger partial charge on any atom is 0.258 e. The Kier molecular flexibility index (Phi) is 15.7.